The van der Waals surface area contributed by atoms with Gasteiger partial charge >= 0.3 is 17.9 Å². The van der Waals surface area contributed by atoms with Crippen molar-refractivity contribution in [1.29, 1.82) is 0 Å². The Labute approximate surface area is 107 Å². The van der Waals surface area contributed by atoms with Crippen molar-refractivity contribution in [3.63, 3.8) is 0 Å². The first-order valence-electron chi connectivity index (χ1n) is 4.97. The first-order valence-corrected chi connectivity index (χ1v) is 4.97. The van der Waals surface area contributed by atoms with Crippen LogP contribution in [-0.4, -0.2) is 74.2 Å². The van der Waals surface area contributed by atoms with Crippen molar-refractivity contribution in [2.45, 2.75) is 25.0 Å². The van der Waals surface area contributed by atoms with E-state index in [9.17, 15) is 14.4 Å². The number of hydrogen-bond acceptors (Lipinski definition) is 8. The molecule has 0 spiro atoms. The third kappa shape index (κ3) is 11.1. The quantitative estimate of drug-likeness (QED) is 0.210. The molecule has 112 valence electrons. The first kappa shape index (κ1) is 19.6. The Kier molecular flexibility index (Phi) is 11.7. The maximum atomic E-state index is 10.3. The summed E-state index contributed by atoms with van der Waals surface area (Å²) in [6, 6.07) is 0. The predicted octanol–water partition coefficient (Wildman–Crippen LogP) is -2.87. The molecule has 0 heterocycles. The molecule has 10 nitrogen and oxygen atoms in total. The van der Waals surface area contributed by atoms with Crippen molar-refractivity contribution in [3.8, 4) is 0 Å². The third-order valence-corrected chi connectivity index (χ3v) is 1.57. The molecule has 10 heteroatoms. The van der Waals surface area contributed by atoms with Gasteiger partial charge in [0.05, 0.1) is 0 Å². The highest BCUT2D eigenvalue weighted by Crippen LogP contribution is 1.92. The monoisotopic (exact) mass is 284 g/mol. The Morgan fingerprint density at radius 2 is 1.37 bits per heavy atom. The molecular formula is C9H16O10. The average Bonchev–Trinajstić information content (AvgIpc) is 2.35. The molecule has 6 N–H and O–H groups in total. The summed E-state index contributed by atoms with van der Waals surface area (Å²) in [6.07, 6.45) is -3.98. The zero-order valence-corrected chi connectivity index (χ0v) is 9.80. The molecule has 0 aliphatic carbocycles. The van der Waals surface area contributed by atoms with Crippen LogP contribution in [0.25, 0.3) is 0 Å². The van der Waals surface area contributed by atoms with Gasteiger partial charge in [0, 0.05) is 13.0 Å². The topological polar surface area (TPSA) is 182 Å². The third-order valence-electron chi connectivity index (χ3n) is 1.57. The summed E-state index contributed by atoms with van der Waals surface area (Å²) in [5.41, 5.74) is 0. The molecular weight excluding hydrogens is 268 g/mol. The maximum absolute atomic E-state index is 10.3. The van der Waals surface area contributed by atoms with Crippen molar-refractivity contribution < 1.29 is 49.8 Å². The zero-order valence-electron chi connectivity index (χ0n) is 9.80. The smallest absolute Gasteiger partial charge is 0.335 e. The molecule has 0 radical (unpaired) electrons. The minimum absolute atomic E-state index is 0.0273. The van der Waals surface area contributed by atoms with Gasteiger partial charge in [0.25, 0.3) is 0 Å². The van der Waals surface area contributed by atoms with Gasteiger partial charge in [0.1, 0.15) is 0 Å². The van der Waals surface area contributed by atoms with E-state index in [1.165, 1.54) is 0 Å². The summed E-state index contributed by atoms with van der Waals surface area (Å²) in [7, 11) is 0. The van der Waals surface area contributed by atoms with Crippen molar-refractivity contribution in [2.24, 2.45) is 0 Å². The van der Waals surface area contributed by atoms with Gasteiger partial charge < -0.3 is 35.4 Å². The Balaban J connectivity index is 0. The molecule has 0 saturated carbocycles. The standard InChI is InChI=1S/C5H10O4.C4H6O6/c6-3-1-2-5(8)9-4-7;5-1(3(7)8)2(6)4(9)10/h6-7H,1-4H2;1-2,5-6H,(H,7,8)(H,9,10). The molecule has 0 rings (SSSR count). The molecule has 0 bridgehead atoms. The second-order valence-corrected chi connectivity index (χ2v) is 3.04. The van der Waals surface area contributed by atoms with Crippen LogP contribution < -0.4 is 0 Å². The lowest BCUT2D eigenvalue weighted by molar-refractivity contribution is -0.165. The van der Waals surface area contributed by atoms with E-state index in [0.717, 1.165) is 0 Å². The summed E-state index contributed by atoms with van der Waals surface area (Å²) in [4.78, 5) is 29.9. The zero-order chi connectivity index (χ0) is 15.4. The van der Waals surface area contributed by atoms with Crippen molar-refractivity contribution in [2.75, 3.05) is 13.4 Å². The minimum atomic E-state index is -2.27. The molecule has 0 aliphatic rings. The van der Waals surface area contributed by atoms with E-state index in [1.54, 1.807) is 0 Å². The van der Waals surface area contributed by atoms with Crippen LogP contribution in [0.1, 0.15) is 12.8 Å². The fourth-order valence-corrected chi connectivity index (χ4v) is 0.638. The highest BCUT2D eigenvalue weighted by molar-refractivity contribution is 5.83. The van der Waals surface area contributed by atoms with Crippen LogP contribution in [0.2, 0.25) is 0 Å². The number of ether oxygens (including phenoxy) is 1. The molecule has 2 atom stereocenters. The Hall–Kier alpha value is -1.75. The predicted molar refractivity (Wildman–Crippen MR) is 56.8 cm³/mol. The molecule has 0 aliphatic heterocycles. The Morgan fingerprint density at radius 3 is 1.63 bits per heavy atom. The van der Waals surface area contributed by atoms with Gasteiger partial charge in [-0.15, -0.1) is 0 Å². The number of hydrogen-bond donors (Lipinski definition) is 6. The Morgan fingerprint density at radius 1 is 0.947 bits per heavy atom. The van der Waals surface area contributed by atoms with E-state index in [4.69, 9.17) is 30.6 Å². The van der Waals surface area contributed by atoms with E-state index < -0.39 is 36.9 Å². The van der Waals surface area contributed by atoms with Crippen LogP contribution in [0.5, 0.6) is 0 Å². The molecule has 0 aromatic rings. The van der Waals surface area contributed by atoms with E-state index >= 15 is 0 Å². The number of rotatable bonds is 7. The number of aliphatic carboxylic acids is 2. The summed E-state index contributed by atoms with van der Waals surface area (Å²) in [5.74, 6) is -4.02. The lowest BCUT2D eigenvalue weighted by Gasteiger charge is -2.07. The number of carbonyl (C=O) groups is 3. The van der Waals surface area contributed by atoms with E-state index in [1.807, 2.05) is 0 Å². The van der Waals surface area contributed by atoms with Gasteiger partial charge in [0.2, 0.25) is 0 Å². The minimum Gasteiger partial charge on any atom is -0.479 e. The fraction of sp³-hybridized carbons (Fsp3) is 0.667. The van der Waals surface area contributed by atoms with Gasteiger partial charge in [-0.05, 0) is 6.42 Å². The maximum Gasteiger partial charge on any atom is 0.335 e. The van der Waals surface area contributed by atoms with Gasteiger partial charge in [0.15, 0.2) is 19.0 Å². The number of aliphatic hydroxyl groups is 4. The summed E-state index contributed by atoms with van der Waals surface area (Å²) < 4.78 is 4.15. The van der Waals surface area contributed by atoms with Crippen molar-refractivity contribution in [1.82, 2.24) is 0 Å². The lowest BCUT2D eigenvalue weighted by atomic mass is 10.2. The van der Waals surface area contributed by atoms with Gasteiger partial charge in [-0.3, -0.25) is 4.79 Å². The van der Waals surface area contributed by atoms with Crippen LogP contribution in [0.3, 0.4) is 0 Å². The second kappa shape index (κ2) is 11.3. The molecule has 19 heavy (non-hydrogen) atoms. The summed E-state index contributed by atoms with van der Waals surface area (Å²) in [5, 5.41) is 48.8. The van der Waals surface area contributed by atoms with E-state index in [0.29, 0.717) is 6.42 Å². The van der Waals surface area contributed by atoms with Crippen LogP contribution >= 0.6 is 0 Å². The van der Waals surface area contributed by atoms with Crippen LogP contribution in [0, 0.1) is 0 Å². The number of carbonyl (C=O) groups excluding carboxylic acids is 1. The summed E-state index contributed by atoms with van der Waals surface area (Å²) >= 11 is 0. The molecule has 0 aromatic heterocycles. The number of aliphatic hydroxyl groups excluding tert-OH is 4. The fourth-order valence-electron chi connectivity index (χ4n) is 0.638. The molecule has 0 fully saturated rings. The second-order valence-electron chi connectivity index (χ2n) is 3.04. The average molecular weight is 284 g/mol. The summed E-state index contributed by atoms with van der Waals surface area (Å²) in [6.45, 7) is -0.606. The SMILES string of the molecule is O=C(CCCO)OCO.O=C(O)C(O)C(O)C(=O)O. The Bertz CT molecular complexity index is 271. The number of carboxylic acid groups (broad SMARTS) is 2. The molecule has 0 aromatic carbocycles. The molecule has 0 saturated heterocycles. The van der Waals surface area contributed by atoms with Crippen LogP contribution in [0.15, 0.2) is 0 Å². The van der Waals surface area contributed by atoms with E-state index in [2.05, 4.69) is 4.74 Å². The highest BCUT2D eigenvalue weighted by atomic mass is 16.6. The van der Waals surface area contributed by atoms with Crippen molar-refractivity contribution >= 4 is 17.9 Å². The highest BCUT2D eigenvalue weighted by Gasteiger charge is 2.29. The van der Waals surface area contributed by atoms with E-state index in [-0.39, 0.29) is 13.0 Å². The number of carboxylic acids is 2. The lowest BCUT2D eigenvalue weighted by Crippen LogP contribution is -2.39. The van der Waals surface area contributed by atoms with Gasteiger partial charge in [-0.1, -0.05) is 0 Å². The largest absolute Gasteiger partial charge is 0.479 e. The van der Waals surface area contributed by atoms with Crippen LogP contribution in [0.4, 0.5) is 0 Å². The van der Waals surface area contributed by atoms with Gasteiger partial charge in [-0.2, -0.15) is 0 Å². The number of esters is 1. The van der Waals surface area contributed by atoms with Crippen molar-refractivity contribution in [3.05, 3.63) is 0 Å². The first-order chi connectivity index (χ1) is 8.77. The van der Waals surface area contributed by atoms with Crippen LogP contribution in [-0.2, 0) is 19.1 Å². The normalized spacial score (nSPS) is 12.6. The van der Waals surface area contributed by atoms with Gasteiger partial charge in [-0.25, -0.2) is 9.59 Å². The molecule has 0 amide bonds. The molecule has 2 unspecified atom stereocenters.